The van der Waals surface area contributed by atoms with Crippen molar-refractivity contribution in [2.75, 3.05) is 5.32 Å². The van der Waals surface area contributed by atoms with Gasteiger partial charge >= 0.3 is 11.9 Å². The zero-order valence-electron chi connectivity index (χ0n) is 16.0. The number of carbonyl (C=O) groups excluding carboxylic acids is 1. The highest BCUT2D eigenvalue weighted by Crippen LogP contribution is 2.33. The summed E-state index contributed by atoms with van der Waals surface area (Å²) < 4.78 is 47.2. The van der Waals surface area contributed by atoms with Gasteiger partial charge in [-0.2, -0.15) is 18.3 Å². The number of alkyl halides is 3. The van der Waals surface area contributed by atoms with E-state index in [1.54, 1.807) is 24.3 Å². The zero-order valence-corrected chi connectivity index (χ0v) is 16.0. The number of para-hydroxylation sites is 2. The summed E-state index contributed by atoms with van der Waals surface area (Å²) in [7, 11) is 0. The molecule has 2 aromatic heterocycles. The van der Waals surface area contributed by atoms with Gasteiger partial charge in [0.1, 0.15) is 12.7 Å². The molecule has 1 N–H and O–H groups in total. The number of nitrogens with zero attached hydrogens (tertiary/aromatic N) is 4. The largest absolute Gasteiger partial charge is 0.419 e. The molecule has 1 amide bonds. The monoisotopic (exact) mass is 431 g/mol. The summed E-state index contributed by atoms with van der Waals surface area (Å²) in [6, 6.07) is 9.87. The number of amides is 1. The van der Waals surface area contributed by atoms with Gasteiger partial charge < -0.3 is 9.73 Å². The topological polar surface area (TPSA) is 94.9 Å². The second-order valence-electron chi connectivity index (χ2n) is 6.71. The van der Waals surface area contributed by atoms with E-state index in [-0.39, 0.29) is 30.8 Å². The summed E-state index contributed by atoms with van der Waals surface area (Å²) in [5.41, 5.74) is 0.355. The molecular formula is C20H16F3N5O3. The number of anilines is 1. The Bertz CT molecular complexity index is 1280. The van der Waals surface area contributed by atoms with E-state index in [9.17, 15) is 22.8 Å². The SMILES string of the molecule is O=C(CCCn1c(=O)oc2ccccc21)Nc1cc(C(F)(F)F)ccc1-n1cncn1. The first-order chi connectivity index (χ1) is 14.8. The lowest BCUT2D eigenvalue weighted by molar-refractivity contribution is -0.137. The highest BCUT2D eigenvalue weighted by molar-refractivity contribution is 5.93. The van der Waals surface area contributed by atoms with E-state index in [4.69, 9.17) is 4.42 Å². The van der Waals surface area contributed by atoms with Crippen molar-refractivity contribution in [3.05, 3.63) is 71.2 Å². The minimum absolute atomic E-state index is 0.0149. The van der Waals surface area contributed by atoms with Crippen molar-refractivity contribution in [2.24, 2.45) is 0 Å². The minimum atomic E-state index is -4.57. The Labute approximate surface area is 172 Å². The Morgan fingerprint density at radius 2 is 1.97 bits per heavy atom. The molecule has 2 heterocycles. The molecule has 0 bridgehead atoms. The molecule has 0 unspecified atom stereocenters. The number of nitrogens with one attached hydrogen (secondary N) is 1. The Balaban J connectivity index is 1.49. The van der Waals surface area contributed by atoms with Crippen molar-refractivity contribution >= 4 is 22.7 Å². The lowest BCUT2D eigenvalue weighted by Gasteiger charge is -2.14. The van der Waals surface area contributed by atoms with E-state index in [1.165, 1.54) is 28.0 Å². The minimum Gasteiger partial charge on any atom is -0.408 e. The zero-order chi connectivity index (χ0) is 22.0. The molecule has 31 heavy (non-hydrogen) atoms. The van der Waals surface area contributed by atoms with E-state index in [0.717, 1.165) is 12.1 Å². The van der Waals surface area contributed by atoms with E-state index in [0.29, 0.717) is 11.1 Å². The van der Waals surface area contributed by atoms with Gasteiger partial charge in [-0.3, -0.25) is 9.36 Å². The van der Waals surface area contributed by atoms with Gasteiger partial charge in [0.15, 0.2) is 5.58 Å². The maximum atomic E-state index is 13.1. The molecule has 160 valence electrons. The van der Waals surface area contributed by atoms with Crippen molar-refractivity contribution in [2.45, 2.75) is 25.6 Å². The number of halogens is 3. The van der Waals surface area contributed by atoms with Crippen molar-refractivity contribution < 1.29 is 22.4 Å². The van der Waals surface area contributed by atoms with Crippen LogP contribution in [0.2, 0.25) is 0 Å². The first kappa shape index (κ1) is 20.4. The maximum absolute atomic E-state index is 13.1. The first-order valence-electron chi connectivity index (χ1n) is 9.27. The second-order valence-corrected chi connectivity index (χ2v) is 6.71. The number of carbonyl (C=O) groups is 1. The molecule has 0 aliphatic heterocycles. The van der Waals surface area contributed by atoms with Crippen LogP contribution in [-0.4, -0.2) is 25.2 Å². The second kappa shape index (κ2) is 8.09. The van der Waals surface area contributed by atoms with Gasteiger partial charge in [-0.05, 0) is 36.8 Å². The third-order valence-electron chi connectivity index (χ3n) is 4.62. The van der Waals surface area contributed by atoms with Crippen LogP contribution in [0.25, 0.3) is 16.8 Å². The summed E-state index contributed by atoms with van der Waals surface area (Å²) in [6.45, 7) is 0.224. The van der Waals surface area contributed by atoms with Crippen LogP contribution in [0.15, 0.2) is 64.3 Å². The van der Waals surface area contributed by atoms with Crippen molar-refractivity contribution in [1.29, 1.82) is 0 Å². The van der Waals surface area contributed by atoms with Gasteiger partial charge in [-0.25, -0.2) is 14.5 Å². The third kappa shape index (κ3) is 4.34. The average molecular weight is 431 g/mol. The predicted octanol–water partition coefficient (Wildman–Crippen LogP) is 3.61. The van der Waals surface area contributed by atoms with Crippen LogP contribution in [0.4, 0.5) is 18.9 Å². The van der Waals surface area contributed by atoms with Gasteiger partial charge in [0, 0.05) is 13.0 Å². The molecule has 4 rings (SSSR count). The number of hydrogen-bond acceptors (Lipinski definition) is 5. The molecule has 11 heteroatoms. The summed E-state index contributed by atoms with van der Waals surface area (Å²) in [5.74, 6) is -1.03. The molecule has 0 atom stereocenters. The highest BCUT2D eigenvalue weighted by Gasteiger charge is 2.31. The standard InChI is InChI=1S/C20H16F3N5O3/c21-20(22,23)13-7-8-15(28-12-24-11-25-28)14(10-13)26-18(29)6-3-9-27-16-4-1-2-5-17(16)31-19(27)30/h1-2,4-5,7-8,10-12H,3,6,9H2,(H,26,29). The molecule has 0 fully saturated rings. The fourth-order valence-corrected chi connectivity index (χ4v) is 3.18. The van der Waals surface area contributed by atoms with Gasteiger partial charge in [0.05, 0.1) is 22.5 Å². The third-order valence-corrected chi connectivity index (χ3v) is 4.62. The molecule has 0 saturated heterocycles. The lowest BCUT2D eigenvalue weighted by Crippen LogP contribution is -2.18. The van der Waals surface area contributed by atoms with Crippen LogP contribution >= 0.6 is 0 Å². The Kier molecular flexibility index (Phi) is 5.32. The normalized spacial score (nSPS) is 11.7. The summed E-state index contributed by atoms with van der Waals surface area (Å²) in [4.78, 5) is 28.2. The molecule has 0 aliphatic carbocycles. The molecule has 0 saturated carbocycles. The van der Waals surface area contributed by atoms with Crippen LogP contribution in [0.1, 0.15) is 18.4 Å². The lowest BCUT2D eigenvalue weighted by atomic mass is 10.1. The number of aromatic nitrogens is 4. The van der Waals surface area contributed by atoms with E-state index >= 15 is 0 Å². The number of fused-ring (bicyclic) bond motifs is 1. The molecule has 0 radical (unpaired) electrons. The predicted molar refractivity (Wildman–Crippen MR) is 105 cm³/mol. The Hall–Kier alpha value is -3.89. The van der Waals surface area contributed by atoms with Crippen LogP contribution in [0, 0.1) is 0 Å². The molecule has 0 spiro atoms. The summed E-state index contributed by atoms with van der Waals surface area (Å²) >= 11 is 0. The quantitative estimate of drug-likeness (QED) is 0.503. The number of benzene rings is 2. The van der Waals surface area contributed by atoms with Gasteiger partial charge in [-0.15, -0.1) is 0 Å². The van der Waals surface area contributed by atoms with Gasteiger partial charge in [-0.1, -0.05) is 12.1 Å². The van der Waals surface area contributed by atoms with Crippen molar-refractivity contribution in [1.82, 2.24) is 19.3 Å². The average Bonchev–Trinajstić information content (AvgIpc) is 3.35. The van der Waals surface area contributed by atoms with Crippen molar-refractivity contribution in [3.63, 3.8) is 0 Å². The van der Waals surface area contributed by atoms with Gasteiger partial charge in [0.25, 0.3) is 0 Å². The first-order valence-corrected chi connectivity index (χ1v) is 9.27. The van der Waals surface area contributed by atoms with Crippen LogP contribution < -0.4 is 11.1 Å². The highest BCUT2D eigenvalue weighted by atomic mass is 19.4. The van der Waals surface area contributed by atoms with Crippen LogP contribution in [-0.2, 0) is 17.5 Å². The molecule has 0 aliphatic rings. The maximum Gasteiger partial charge on any atom is 0.419 e. The Morgan fingerprint density at radius 3 is 2.71 bits per heavy atom. The number of oxazole rings is 1. The van der Waals surface area contributed by atoms with E-state index < -0.39 is 23.4 Å². The fraction of sp³-hybridized carbons (Fsp3) is 0.200. The number of aryl methyl sites for hydroxylation is 1. The number of rotatable bonds is 6. The molecule has 4 aromatic rings. The fourth-order valence-electron chi connectivity index (χ4n) is 3.18. The van der Waals surface area contributed by atoms with E-state index in [2.05, 4.69) is 15.4 Å². The summed E-state index contributed by atoms with van der Waals surface area (Å²) in [6.07, 6.45) is -1.75. The van der Waals surface area contributed by atoms with Gasteiger partial charge in [0.2, 0.25) is 5.91 Å². The molecule has 8 nitrogen and oxygen atoms in total. The smallest absolute Gasteiger partial charge is 0.408 e. The summed E-state index contributed by atoms with van der Waals surface area (Å²) in [5, 5.41) is 6.41. The van der Waals surface area contributed by atoms with E-state index in [1.807, 2.05) is 0 Å². The van der Waals surface area contributed by atoms with Crippen molar-refractivity contribution in [3.8, 4) is 5.69 Å². The van der Waals surface area contributed by atoms with Crippen LogP contribution in [0.5, 0.6) is 0 Å². The number of hydrogen-bond donors (Lipinski definition) is 1. The Morgan fingerprint density at radius 1 is 1.16 bits per heavy atom. The molecular weight excluding hydrogens is 415 g/mol. The molecule has 2 aromatic carbocycles. The van der Waals surface area contributed by atoms with Crippen LogP contribution in [0.3, 0.4) is 0 Å².